The van der Waals surface area contributed by atoms with E-state index in [0.717, 1.165) is 37.9 Å². The molecule has 1 fully saturated rings. The first-order valence-corrected chi connectivity index (χ1v) is 12.4. The molecule has 0 bridgehead atoms. The number of H-pyrrole nitrogens is 1. The molecule has 4 N–H and O–H groups in total. The highest BCUT2D eigenvalue weighted by molar-refractivity contribution is 7.92. The van der Waals surface area contributed by atoms with Gasteiger partial charge in [-0.15, -0.1) is 0 Å². The molecule has 1 saturated heterocycles. The lowest BCUT2D eigenvalue weighted by atomic mass is 10.1. The molecule has 3 aromatic rings. The Labute approximate surface area is 185 Å². The van der Waals surface area contributed by atoms with Crippen LogP contribution >= 0.6 is 0 Å². The normalized spacial score (nSPS) is 16.2. The minimum absolute atomic E-state index is 0.0144. The SMILES string of the molecule is CCCS(=N)(=O)c1nc(N)c2[nH]c(=O)n(Cc3ccc(C(=O)N4CCCCC4)cc3)c2n1. The number of fused-ring (bicyclic) bond motifs is 1. The number of hydrogen-bond acceptors (Lipinski definition) is 7. The number of nitrogens with one attached hydrogen (secondary N) is 2. The molecule has 10 nitrogen and oxygen atoms in total. The van der Waals surface area contributed by atoms with Crippen LogP contribution in [0.4, 0.5) is 5.82 Å². The minimum Gasteiger partial charge on any atom is -0.382 e. The van der Waals surface area contributed by atoms with E-state index in [1.54, 1.807) is 24.3 Å². The second-order valence-electron chi connectivity index (χ2n) is 8.04. The van der Waals surface area contributed by atoms with E-state index in [2.05, 4.69) is 15.0 Å². The molecule has 32 heavy (non-hydrogen) atoms. The van der Waals surface area contributed by atoms with E-state index in [4.69, 9.17) is 10.5 Å². The largest absolute Gasteiger partial charge is 0.382 e. The molecular formula is C21H27N7O3S. The van der Waals surface area contributed by atoms with Crippen LogP contribution in [0.5, 0.6) is 0 Å². The van der Waals surface area contributed by atoms with Crippen LogP contribution in [0.15, 0.2) is 34.2 Å². The maximum Gasteiger partial charge on any atom is 0.328 e. The second kappa shape index (κ2) is 8.73. The lowest BCUT2D eigenvalue weighted by Crippen LogP contribution is -2.35. The van der Waals surface area contributed by atoms with Crippen molar-refractivity contribution in [2.24, 2.45) is 0 Å². The van der Waals surface area contributed by atoms with E-state index in [1.165, 1.54) is 4.57 Å². The van der Waals surface area contributed by atoms with Crippen LogP contribution in [0.3, 0.4) is 0 Å². The number of aromatic nitrogens is 4. The first-order valence-electron chi connectivity index (χ1n) is 10.7. The van der Waals surface area contributed by atoms with Gasteiger partial charge in [0.05, 0.1) is 6.54 Å². The summed E-state index contributed by atoms with van der Waals surface area (Å²) in [5.41, 5.74) is 7.40. The summed E-state index contributed by atoms with van der Waals surface area (Å²) in [6, 6.07) is 7.13. The van der Waals surface area contributed by atoms with Crippen molar-refractivity contribution in [1.82, 2.24) is 24.4 Å². The molecule has 3 heterocycles. The monoisotopic (exact) mass is 457 g/mol. The molecule has 11 heteroatoms. The van der Waals surface area contributed by atoms with Crippen molar-refractivity contribution in [3.05, 3.63) is 45.9 Å². The van der Waals surface area contributed by atoms with Crippen molar-refractivity contribution in [1.29, 1.82) is 4.78 Å². The average molecular weight is 458 g/mol. The molecule has 1 aliphatic heterocycles. The molecule has 1 aliphatic rings. The number of nitrogen functional groups attached to an aromatic ring is 1. The number of nitrogens with two attached hydrogens (primary N) is 1. The predicted octanol–water partition coefficient (Wildman–Crippen LogP) is 2.19. The molecule has 1 unspecified atom stereocenters. The Balaban J connectivity index is 1.64. The standard InChI is InChI=1S/C21H27N7O3S/c1-2-12-32(23,31)20-25-17(22)16-18(26-20)28(21(30)24-16)13-14-6-8-15(9-7-14)19(29)27-10-4-3-5-11-27/h6-9,23H,2-5,10-13H2,1H3,(H,24,30)(H2,22,25,26). The molecule has 0 spiro atoms. The number of likely N-dealkylation sites (tertiary alicyclic amines) is 1. The Hall–Kier alpha value is -3.21. The summed E-state index contributed by atoms with van der Waals surface area (Å²) in [6.45, 7) is 3.57. The number of imidazole rings is 1. The fourth-order valence-corrected chi connectivity index (χ4v) is 5.16. The summed E-state index contributed by atoms with van der Waals surface area (Å²) < 4.78 is 22.1. The summed E-state index contributed by atoms with van der Waals surface area (Å²) in [4.78, 5) is 38.0. The Bertz CT molecular complexity index is 1300. The molecule has 170 valence electrons. The van der Waals surface area contributed by atoms with E-state index in [0.29, 0.717) is 12.0 Å². The molecule has 2 aromatic heterocycles. The van der Waals surface area contributed by atoms with E-state index in [1.807, 2.05) is 11.8 Å². The van der Waals surface area contributed by atoms with Crippen molar-refractivity contribution in [2.75, 3.05) is 24.6 Å². The summed E-state index contributed by atoms with van der Waals surface area (Å²) in [5.74, 6) is 0.116. The van der Waals surface area contributed by atoms with Gasteiger partial charge in [-0.3, -0.25) is 9.36 Å². The van der Waals surface area contributed by atoms with Gasteiger partial charge in [-0.2, -0.15) is 4.98 Å². The fourth-order valence-electron chi connectivity index (χ4n) is 3.92. The van der Waals surface area contributed by atoms with Gasteiger partial charge in [-0.05, 0) is 43.4 Å². The Morgan fingerprint density at radius 3 is 2.53 bits per heavy atom. The van der Waals surface area contributed by atoms with Gasteiger partial charge < -0.3 is 15.6 Å². The zero-order valence-electron chi connectivity index (χ0n) is 18.0. The van der Waals surface area contributed by atoms with Crippen molar-refractivity contribution < 1.29 is 9.00 Å². The number of nitrogens with zero attached hydrogens (tertiary/aromatic N) is 4. The number of carbonyl (C=O) groups excluding carboxylic acids is 1. The number of benzene rings is 1. The maximum atomic E-state index is 12.7. The maximum absolute atomic E-state index is 12.7. The third-order valence-corrected chi connectivity index (χ3v) is 7.36. The number of rotatable bonds is 6. The van der Waals surface area contributed by atoms with E-state index in [9.17, 15) is 13.8 Å². The van der Waals surface area contributed by atoms with Crippen molar-refractivity contribution in [3.63, 3.8) is 0 Å². The van der Waals surface area contributed by atoms with Crippen LogP contribution < -0.4 is 11.4 Å². The van der Waals surface area contributed by atoms with Crippen molar-refractivity contribution in [2.45, 2.75) is 44.3 Å². The van der Waals surface area contributed by atoms with Gasteiger partial charge in [0.1, 0.15) is 15.2 Å². The van der Waals surface area contributed by atoms with Crippen molar-refractivity contribution >= 4 is 32.6 Å². The highest BCUT2D eigenvalue weighted by atomic mass is 32.2. The van der Waals surface area contributed by atoms with Crippen LogP contribution in [-0.4, -0.2) is 53.4 Å². The van der Waals surface area contributed by atoms with Gasteiger partial charge in [0, 0.05) is 24.4 Å². The number of piperidine rings is 1. The number of hydrogen-bond donors (Lipinski definition) is 3. The van der Waals surface area contributed by atoms with Gasteiger partial charge >= 0.3 is 5.69 Å². The van der Waals surface area contributed by atoms with Gasteiger partial charge in [0.15, 0.2) is 11.5 Å². The number of aromatic amines is 1. The molecule has 0 radical (unpaired) electrons. The van der Waals surface area contributed by atoms with Crippen LogP contribution in [0.2, 0.25) is 0 Å². The van der Waals surface area contributed by atoms with Crippen LogP contribution in [0, 0.1) is 4.78 Å². The van der Waals surface area contributed by atoms with E-state index in [-0.39, 0.29) is 40.3 Å². The fraction of sp³-hybridized carbons (Fsp3) is 0.429. The predicted molar refractivity (Wildman–Crippen MR) is 122 cm³/mol. The minimum atomic E-state index is -3.20. The van der Waals surface area contributed by atoms with Crippen LogP contribution in [0.1, 0.15) is 48.5 Å². The Kier molecular flexibility index (Phi) is 6.00. The Morgan fingerprint density at radius 2 is 1.88 bits per heavy atom. The lowest BCUT2D eigenvalue weighted by molar-refractivity contribution is 0.0724. The average Bonchev–Trinajstić information content (AvgIpc) is 3.10. The van der Waals surface area contributed by atoms with Gasteiger partial charge in [-0.25, -0.2) is 18.8 Å². The summed E-state index contributed by atoms with van der Waals surface area (Å²) in [7, 11) is -3.20. The zero-order chi connectivity index (χ0) is 22.9. The van der Waals surface area contributed by atoms with Gasteiger partial charge in [-0.1, -0.05) is 19.1 Å². The first-order chi connectivity index (χ1) is 15.3. The molecule has 4 rings (SSSR count). The smallest absolute Gasteiger partial charge is 0.328 e. The van der Waals surface area contributed by atoms with E-state index < -0.39 is 15.4 Å². The zero-order valence-corrected chi connectivity index (χ0v) is 18.8. The third-order valence-electron chi connectivity index (χ3n) is 5.60. The van der Waals surface area contributed by atoms with Crippen LogP contribution in [-0.2, 0) is 16.3 Å². The summed E-state index contributed by atoms with van der Waals surface area (Å²) >= 11 is 0. The summed E-state index contributed by atoms with van der Waals surface area (Å²) in [5, 5.41) is -0.167. The summed E-state index contributed by atoms with van der Waals surface area (Å²) in [6.07, 6.45) is 3.75. The topological polar surface area (TPSA) is 151 Å². The third kappa shape index (κ3) is 4.24. The molecule has 0 saturated carbocycles. The second-order valence-corrected chi connectivity index (χ2v) is 10.2. The Morgan fingerprint density at radius 1 is 1.19 bits per heavy atom. The molecule has 1 amide bonds. The molecular weight excluding hydrogens is 430 g/mol. The highest BCUT2D eigenvalue weighted by Gasteiger charge is 2.21. The van der Waals surface area contributed by atoms with Gasteiger partial charge in [0.25, 0.3) is 5.91 Å². The van der Waals surface area contributed by atoms with E-state index >= 15 is 0 Å². The number of amides is 1. The van der Waals surface area contributed by atoms with Crippen molar-refractivity contribution in [3.8, 4) is 0 Å². The first kappa shape index (κ1) is 22.0. The van der Waals surface area contributed by atoms with Gasteiger partial charge in [0.2, 0.25) is 5.16 Å². The molecule has 1 atom stereocenters. The quantitative estimate of drug-likeness (QED) is 0.483. The molecule has 0 aliphatic carbocycles. The number of carbonyl (C=O) groups is 1. The lowest BCUT2D eigenvalue weighted by Gasteiger charge is -2.26. The number of anilines is 1. The molecule has 1 aromatic carbocycles. The van der Waals surface area contributed by atoms with Crippen LogP contribution in [0.25, 0.3) is 11.2 Å². The highest BCUT2D eigenvalue weighted by Crippen LogP contribution is 2.19.